The summed E-state index contributed by atoms with van der Waals surface area (Å²) in [5.74, 6) is 0.675. The lowest BCUT2D eigenvalue weighted by atomic mass is 9.83. The third-order valence-electron chi connectivity index (χ3n) is 3.57. The third kappa shape index (κ3) is 3.19. The molecule has 0 bridgehead atoms. The smallest absolute Gasteiger partial charge is 0.0986 e. The highest BCUT2D eigenvalue weighted by Crippen LogP contribution is 2.28. The van der Waals surface area contributed by atoms with Gasteiger partial charge in [-0.1, -0.05) is 20.8 Å². The predicted octanol–water partition coefficient (Wildman–Crippen LogP) is 2.20. The van der Waals surface area contributed by atoms with Gasteiger partial charge in [0.25, 0.3) is 0 Å². The van der Waals surface area contributed by atoms with E-state index in [0.717, 1.165) is 13.0 Å². The molecule has 1 N–H and O–H groups in total. The van der Waals surface area contributed by atoms with Gasteiger partial charge in [0.05, 0.1) is 12.2 Å². The van der Waals surface area contributed by atoms with Crippen LogP contribution >= 0.6 is 0 Å². The van der Waals surface area contributed by atoms with Crippen molar-refractivity contribution in [1.29, 1.82) is 0 Å². The minimum atomic E-state index is 0.229. The Morgan fingerprint density at radius 1 is 1.31 bits per heavy atom. The van der Waals surface area contributed by atoms with Crippen LogP contribution in [0.5, 0.6) is 0 Å². The fourth-order valence-corrected chi connectivity index (χ4v) is 2.49. The molecule has 1 aliphatic rings. The molecular weight excluding hydrogens is 202 g/mol. The Labute approximate surface area is 99.9 Å². The number of ether oxygens (including phenoxy) is 2. The largest absolute Gasteiger partial charge is 0.377 e. The van der Waals surface area contributed by atoms with E-state index in [0.29, 0.717) is 18.0 Å². The van der Waals surface area contributed by atoms with Crippen molar-refractivity contribution in [3.8, 4) is 0 Å². The van der Waals surface area contributed by atoms with E-state index in [1.165, 1.54) is 6.42 Å². The van der Waals surface area contributed by atoms with E-state index in [9.17, 15) is 0 Å². The van der Waals surface area contributed by atoms with Gasteiger partial charge in [-0.05, 0) is 25.7 Å². The zero-order chi connectivity index (χ0) is 12.1. The molecule has 0 aromatic carbocycles. The number of hydrogen-bond donors (Lipinski definition) is 1. The molecule has 1 aliphatic carbocycles. The Bertz CT molecular complexity index is 196. The Balaban J connectivity index is 2.39. The van der Waals surface area contributed by atoms with Crippen LogP contribution in [0.25, 0.3) is 0 Å². The molecule has 0 saturated heterocycles. The quantitative estimate of drug-likeness (QED) is 0.726. The van der Waals surface area contributed by atoms with Crippen molar-refractivity contribution in [2.24, 2.45) is 5.92 Å². The molecule has 0 aliphatic heterocycles. The highest BCUT2D eigenvalue weighted by molar-refractivity contribution is 4.98. The molecule has 96 valence electrons. The topological polar surface area (TPSA) is 30.5 Å². The van der Waals surface area contributed by atoms with Gasteiger partial charge < -0.3 is 14.8 Å². The summed E-state index contributed by atoms with van der Waals surface area (Å²) in [6, 6.07) is 1.05. The molecule has 0 amide bonds. The van der Waals surface area contributed by atoms with Crippen molar-refractivity contribution in [3.05, 3.63) is 0 Å². The van der Waals surface area contributed by atoms with Crippen LogP contribution in [0.2, 0.25) is 0 Å². The van der Waals surface area contributed by atoms with E-state index < -0.39 is 0 Å². The molecule has 1 fully saturated rings. The van der Waals surface area contributed by atoms with Crippen molar-refractivity contribution in [2.45, 2.75) is 64.8 Å². The van der Waals surface area contributed by atoms with E-state index in [2.05, 4.69) is 26.1 Å². The normalized spacial score (nSPS) is 31.5. The maximum Gasteiger partial charge on any atom is 0.0986 e. The summed E-state index contributed by atoms with van der Waals surface area (Å²) in [6.07, 6.45) is 2.77. The molecule has 0 spiro atoms. The lowest BCUT2D eigenvalue weighted by Gasteiger charge is -2.45. The zero-order valence-electron chi connectivity index (χ0n) is 11.3. The van der Waals surface area contributed by atoms with Crippen molar-refractivity contribution in [1.82, 2.24) is 5.32 Å². The fraction of sp³-hybridized carbons (Fsp3) is 1.00. The zero-order valence-corrected chi connectivity index (χ0v) is 11.3. The van der Waals surface area contributed by atoms with Crippen LogP contribution in [0.15, 0.2) is 0 Å². The average molecular weight is 229 g/mol. The molecule has 1 saturated carbocycles. The molecule has 4 atom stereocenters. The number of nitrogens with one attached hydrogen (secondary N) is 1. The molecule has 0 aromatic heterocycles. The van der Waals surface area contributed by atoms with E-state index in [-0.39, 0.29) is 12.2 Å². The summed E-state index contributed by atoms with van der Waals surface area (Å²) in [6.45, 7) is 9.58. The lowest BCUT2D eigenvalue weighted by molar-refractivity contribution is -0.134. The number of hydrogen-bond acceptors (Lipinski definition) is 3. The van der Waals surface area contributed by atoms with E-state index in [4.69, 9.17) is 9.47 Å². The first-order chi connectivity index (χ1) is 7.63. The van der Waals surface area contributed by atoms with Crippen LogP contribution in [-0.4, -0.2) is 38.0 Å². The summed E-state index contributed by atoms with van der Waals surface area (Å²) >= 11 is 0. The molecule has 0 aromatic rings. The molecule has 16 heavy (non-hydrogen) atoms. The fourth-order valence-electron chi connectivity index (χ4n) is 2.49. The second-order valence-corrected chi connectivity index (χ2v) is 4.96. The van der Waals surface area contributed by atoms with Crippen LogP contribution < -0.4 is 5.32 Å². The number of methoxy groups -OCH3 is 1. The Morgan fingerprint density at radius 3 is 2.44 bits per heavy atom. The predicted molar refractivity (Wildman–Crippen MR) is 66.7 cm³/mol. The van der Waals surface area contributed by atoms with Gasteiger partial charge in [-0.25, -0.2) is 0 Å². The van der Waals surface area contributed by atoms with Gasteiger partial charge in [0.15, 0.2) is 0 Å². The average Bonchev–Trinajstić information content (AvgIpc) is 2.22. The first kappa shape index (κ1) is 13.9. The van der Waals surface area contributed by atoms with Crippen molar-refractivity contribution in [2.75, 3.05) is 13.7 Å². The summed E-state index contributed by atoms with van der Waals surface area (Å²) in [4.78, 5) is 0. The second-order valence-electron chi connectivity index (χ2n) is 4.96. The van der Waals surface area contributed by atoms with Crippen molar-refractivity contribution < 1.29 is 9.47 Å². The summed E-state index contributed by atoms with van der Waals surface area (Å²) in [5, 5.41) is 3.69. The van der Waals surface area contributed by atoms with Crippen LogP contribution in [-0.2, 0) is 9.47 Å². The SMILES string of the molecule is CCOC1CC(NC(CC)C(C)C)C1OC. The minimum Gasteiger partial charge on any atom is -0.377 e. The molecule has 3 heteroatoms. The van der Waals surface area contributed by atoms with Crippen LogP contribution in [0.1, 0.15) is 40.5 Å². The highest BCUT2D eigenvalue weighted by Gasteiger charge is 2.42. The molecule has 4 unspecified atom stereocenters. The van der Waals surface area contributed by atoms with Gasteiger partial charge in [-0.15, -0.1) is 0 Å². The Kier molecular flexibility index (Phi) is 5.73. The standard InChI is InChI=1S/C13H27NO2/c1-6-10(9(3)4)14-11-8-12(16-7-2)13(11)15-5/h9-14H,6-8H2,1-5H3. The summed E-state index contributed by atoms with van der Waals surface area (Å²) < 4.78 is 11.1. The van der Waals surface area contributed by atoms with Crippen molar-refractivity contribution >= 4 is 0 Å². The van der Waals surface area contributed by atoms with Gasteiger partial charge in [-0.2, -0.15) is 0 Å². The van der Waals surface area contributed by atoms with Crippen LogP contribution in [0.3, 0.4) is 0 Å². The number of rotatable bonds is 7. The van der Waals surface area contributed by atoms with Gasteiger partial charge in [0.2, 0.25) is 0 Å². The molecule has 1 rings (SSSR count). The van der Waals surface area contributed by atoms with Crippen LogP contribution in [0, 0.1) is 5.92 Å². The van der Waals surface area contributed by atoms with Crippen molar-refractivity contribution in [3.63, 3.8) is 0 Å². The molecule has 0 radical (unpaired) electrons. The van der Waals surface area contributed by atoms with E-state index in [1.54, 1.807) is 7.11 Å². The van der Waals surface area contributed by atoms with E-state index >= 15 is 0 Å². The third-order valence-corrected chi connectivity index (χ3v) is 3.57. The van der Waals surface area contributed by atoms with E-state index in [1.807, 2.05) is 6.92 Å². The summed E-state index contributed by atoms with van der Waals surface area (Å²) in [5.41, 5.74) is 0. The first-order valence-corrected chi connectivity index (χ1v) is 6.54. The van der Waals surface area contributed by atoms with Crippen LogP contribution in [0.4, 0.5) is 0 Å². The Morgan fingerprint density at radius 2 is 2.00 bits per heavy atom. The first-order valence-electron chi connectivity index (χ1n) is 6.54. The Hall–Kier alpha value is -0.120. The molecular formula is C13H27NO2. The second kappa shape index (κ2) is 6.58. The van der Waals surface area contributed by atoms with Gasteiger partial charge in [-0.3, -0.25) is 0 Å². The summed E-state index contributed by atoms with van der Waals surface area (Å²) in [7, 11) is 1.78. The molecule has 0 heterocycles. The van der Waals surface area contributed by atoms with Gasteiger partial charge in [0, 0.05) is 25.8 Å². The van der Waals surface area contributed by atoms with Gasteiger partial charge in [0.1, 0.15) is 0 Å². The minimum absolute atomic E-state index is 0.229. The highest BCUT2D eigenvalue weighted by atomic mass is 16.5. The lowest BCUT2D eigenvalue weighted by Crippen LogP contribution is -2.62. The maximum absolute atomic E-state index is 5.62. The monoisotopic (exact) mass is 229 g/mol. The van der Waals surface area contributed by atoms with Gasteiger partial charge >= 0.3 is 0 Å². The molecule has 3 nitrogen and oxygen atoms in total. The maximum atomic E-state index is 5.62.